The van der Waals surface area contributed by atoms with Crippen LogP contribution < -0.4 is 5.32 Å². The van der Waals surface area contributed by atoms with Crippen LogP contribution >= 0.6 is 0 Å². The second-order valence-corrected chi connectivity index (χ2v) is 5.54. The van der Waals surface area contributed by atoms with Crippen molar-refractivity contribution in [3.8, 4) is 0 Å². The summed E-state index contributed by atoms with van der Waals surface area (Å²) in [6, 6.07) is 0.0499. The summed E-state index contributed by atoms with van der Waals surface area (Å²) in [5.41, 5.74) is 0. The standard InChI is InChI=1S/C15H25NO3/c1-2-15(17)16-13(14-11-18-8-9-19-14)10-12-6-4-3-5-7-12/h2,12-14H,1,3-11H2,(H,16,17). The van der Waals surface area contributed by atoms with Gasteiger partial charge in [-0.15, -0.1) is 0 Å². The monoisotopic (exact) mass is 267 g/mol. The van der Waals surface area contributed by atoms with Crippen molar-refractivity contribution in [1.29, 1.82) is 0 Å². The largest absolute Gasteiger partial charge is 0.376 e. The summed E-state index contributed by atoms with van der Waals surface area (Å²) in [5, 5.41) is 3.02. The Labute approximate surface area is 115 Å². The van der Waals surface area contributed by atoms with Gasteiger partial charge in [0.15, 0.2) is 0 Å². The molecular formula is C15H25NO3. The Bertz CT molecular complexity index is 294. The molecule has 1 saturated carbocycles. The van der Waals surface area contributed by atoms with E-state index in [1.165, 1.54) is 38.2 Å². The minimum Gasteiger partial charge on any atom is -0.376 e. The third kappa shape index (κ3) is 4.62. The SMILES string of the molecule is C=CC(=O)NC(CC1CCCCC1)C1COCCO1. The van der Waals surface area contributed by atoms with E-state index < -0.39 is 0 Å². The van der Waals surface area contributed by atoms with Crippen molar-refractivity contribution < 1.29 is 14.3 Å². The van der Waals surface area contributed by atoms with E-state index in [1.807, 2.05) is 0 Å². The molecule has 0 bridgehead atoms. The molecule has 0 aromatic carbocycles. The molecule has 1 aliphatic carbocycles. The van der Waals surface area contributed by atoms with E-state index in [1.54, 1.807) is 0 Å². The molecule has 0 radical (unpaired) electrons. The number of hydrogen-bond acceptors (Lipinski definition) is 3. The smallest absolute Gasteiger partial charge is 0.243 e. The summed E-state index contributed by atoms with van der Waals surface area (Å²) in [5.74, 6) is 0.587. The van der Waals surface area contributed by atoms with Gasteiger partial charge in [-0.05, 0) is 18.4 Å². The number of ether oxygens (including phenoxy) is 2. The number of carbonyl (C=O) groups is 1. The molecule has 1 aliphatic heterocycles. The van der Waals surface area contributed by atoms with Gasteiger partial charge in [0.25, 0.3) is 0 Å². The number of carbonyl (C=O) groups excluding carboxylic acids is 1. The Morgan fingerprint density at radius 3 is 2.74 bits per heavy atom. The van der Waals surface area contributed by atoms with Gasteiger partial charge in [0.2, 0.25) is 5.91 Å². The first-order valence-corrected chi connectivity index (χ1v) is 7.42. The van der Waals surface area contributed by atoms with Crippen LogP contribution in [0.1, 0.15) is 38.5 Å². The van der Waals surface area contributed by atoms with Crippen molar-refractivity contribution in [3.63, 3.8) is 0 Å². The van der Waals surface area contributed by atoms with Crippen molar-refractivity contribution in [3.05, 3.63) is 12.7 Å². The van der Waals surface area contributed by atoms with E-state index in [9.17, 15) is 4.79 Å². The fourth-order valence-electron chi connectivity index (χ4n) is 3.07. The maximum absolute atomic E-state index is 11.6. The lowest BCUT2D eigenvalue weighted by Crippen LogP contribution is -2.49. The van der Waals surface area contributed by atoms with Gasteiger partial charge in [0.1, 0.15) is 6.10 Å². The topological polar surface area (TPSA) is 47.6 Å². The Morgan fingerprint density at radius 2 is 2.11 bits per heavy atom. The zero-order valence-corrected chi connectivity index (χ0v) is 11.6. The van der Waals surface area contributed by atoms with Gasteiger partial charge in [-0.3, -0.25) is 4.79 Å². The van der Waals surface area contributed by atoms with Gasteiger partial charge in [-0.25, -0.2) is 0 Å². The predicted octanol–water partition coefficient (Wildman–Crippen LogP) is 2.04. The van der Waals surface area contributed by atoms with E-state index in [4.69, 9.17) is 9.47 Å². The van der Waals surface area contributed by atoms with Crippen LogP contribution in [-0.2, 0) is 14.3 Å². The van der Waals surface area contributed by atoms with Gasteiger partial charge in [0.05, 0.1) is 25.9 Å². The number of amides is 1. The summed E-state index contributed by atoms with van der Waals surface area (Å²) in [6.45, 7) is 5.38. The molecule has 19 heavy (non-hydrogen) atoms. The Hall–Kier alpha value is -0.870. The molecule has 1 saturated heterocycles. The van der Waals surface area contributed by atoms with Gasteiger partial charge in [0, 0.05) is 0 Å². The van der Waals surface area contributed by atoms with E-state index >= 15 is 0 Å². The normalized spacial score (nSPS) is 26.6. The average molecular weight is 267 g/mol. The van der Waals surface area contributed by atoms with Crippen LogP contribution in [0, 0.1) is 5.92 Å². The molecule has 2 rings (SSSR count). The molecule has 1 N–H and O–H groups in total. The Balaban J connectivity index is 1.91. The van der Waals surface area contributed by atoms with Crippen molar-refractivity contribution in [2.24, 2.45) is 5.92 Å². The Kier molecular flexibility index (Phi) is 5.86. The summed E-state index contributed by atoms with van der Waals surface area (Å²) >= 11 is 0. The van der Waals surface area contributed by atoms with E-state index in [2.05, 4.69) is 11.9 Å². The highest BCUT2D eigenvalue weighted by molar-refractivity contribution is 5.87. The fourth-order valence-corrected chi connectivity index (χ4v) is 3.07. The summed E-state index contributed by atoms with van der Waals surface area (Å²) in [7, 11) is 0. The van der Waals surface area contributed by atoms with Crippen LogP contribution in [0.4, 0.5) is 0 Å². The highest BCUT2D eigenvalue weighted by Gasteiger charge is 2.29. The lowest BCUT2D eigenvalue weighted by Gasteiger charge is -2.34. The minimum atomic E-state index is -0.116. The summed E-state index contributed by atoms with van der Waals surface area (Å²) in [4.78, 5) is 11.6. The third-order valence-corrected chi connectivity index (χ3v) is 4.12. The molecule has 2 unspecified atom stereocenters. The number of rotatable bonds is 5. The molecule has 1 heterocycles. The zero-order valence-electron chi connectivity index (χ0n) is 11.6. The first-order chi connectivity index (χ1) is 9.29. The first-order valence-electron chi connectivity index (χ1n) is 7.42. The van der Waals surface area contributed by atoms with Crippen molar-refractivity contribution >= 4 is 5.91 Å². The molecule has 4 heteroatoms. The van der Waals surface area contributed by atoms with Gasteiger partial charge in [-0.2, -0.15) is 0 Å². The Morgan fingerprint density at radius 1 is 1.32 bits per heavy atom. The zero-order chi connectivity index (χ0) is 13.5. The molecular weight excluding hydrogens is 242 g/mol. The van der Waals surface area contributed by atoms with Gasteiger partial charge < -0.3 is 14.8 Å². The molecule has 4 nitrogen and oxygen atoms in total. The number of nitrogens with one attached hydrogen (secondary N) is 1. The van der Waals surface area contributed by atoms with Crippen LogP contribution in [0.5, 0.6) is 0 Å². The molecule has 108 valence electrons. The third-order valence-electron chi connectivity index (χ3n) is 4.12. The molecule has 1 amide bonds. The maximum atomic E-state index is 11.6. The summed E-state index contributed by atoms with van der Waals surface area (Å²) in [6.07, 6.45) is 8.83. The fraction of sp³-hybridized carbons (Fsp3) is 0.800. The van der Waals surface area contributed by atoms with Crippen LogP contribution in [0.25, 0.3) is 0 Å². The number of hydrogen-bond donors (Lipinski definition) is 1. The molecule has 0 spiro atoms. The van der Waals surface area contributed by atoms with E-state index in [0.717, 1.165) is 6.42 Å². The molecule has 2 atom stereocenters. The lowest BCUT2D eigenvalue weighted by atomic mass is 9.83. The van der Waals surface area contributed by atoms with E-state index in [-0.39, 0.29) is 18.1 Å². The van der Waals surface area contributed by atoms with E-state index in [0.29, 0.717) is 25.7 Å². The summed E-state index contributed by atoms with van der Waals surface area (Å²) < 4.78 is 11.2. The van der Waals surface area contributed by atoms with Crippen molar-refractivity contribution in [2.45, 2.75) is 50.7 Å². The molecule has 2 fully saturated rings. The predicted molar refractivity (Wildman–Crippen MR) is 73.9 cm³/mol. The second-order valence-electron chi connectivity index (χ2n) is 5.54. The molecule has 0 aromatic rings. The van der Waals surface area contributed by atoms with Crippen LogP contribution in [0.2, 0.25) is 0 Å². The van der Waals surface area contributed by atoms with Gasteiger partial charge in [-0.1, -0.05) is 38.7 Å². The van der Waals surface area contributed by atoms with Crippen molar-refractivity contribution in [2.75, 3.05) is 19.8 Å². The molecule has 0 aromatic heterocycles. The average Bonchev–Trinajstić information content (AvgIpc) is 2.48. The highest BCUT2D eigenvalue weighted by atomic mass is 16.6. The quantitative estimate of drug-likeness (QED) is 0.775. The first kappa shape index (κ1) is 14.5. The minimum absolute atomic E-state index is 0.0143. The lowest BCUT2D eigenvalue weighted by molar-refractivity contribution is -0.125. The maximum Gasteiger partial charge on any atom is 0.243 e. The van der Waals surface area contributed by atoms with Crippen LogP contribution in [0.15, 0.2) is 12.7 Å². The molecule has 2 aliphatic rings. The van der Waals surface area contributed by atoms with Crippen LogP contribution in [-0.4, -0.2) is 37.9 Å². The second kappa shape index (κ2) is 7.65. The highest BCUT2D eigenvalue weighted by Crippen LogP contribution is 2.28. The van der Waals surface area contributed by atoms with Crippen LogP contribution in [0.3, 0.4) is 0 Å². The van der Waals surface area contributed by atoms with Crippen molar-refractivity contribution in [1.82, 2.24) is 5.32 Å². The van der Waals surface area contributed by atoms with Gasteiger partial charge >= 0.3 is 0 Å².